The normalized spacial score (nSPS) is 18.3. The van der Waals surface area contributed by atoms with Gasteiger partial charge in [-0.2, -0.15) is 4.31 Å². The first-order valence-corrected chi connectivity index (χ1v) is 9.19. The first kappa shape index (κ1) is 16.7. The topological polar surface area (TPSA) is 66.6 Å². The summed E-state index contributed by atoms with van der Waals surface area (Å²) in [6.07, 6.45) is 1.71. The minimum absolute atomic E-state index is 0.0470. The molecule has 0 aromatic heterocycles. The van der Waals surface area contributed by atoms with Crippen LogP contribution >= 0.6 is 15.9 Å². The second-order valence-corrected chi connectivity index (χ2v) is 8.56. The summed E-state index contributed by atoms with van der Waals surface area (Å²) in [6, 6.07) is 3.40. The number of halogens is 1. The van der Waals surface area contributed by atoms with Gasteiger partial charge in [-0.15, -0.1) is 0 Å². The van der Waals surface area contributed by atoms with Gasteiger partial charge in [-0.3, -0.25) is 0 Å². The third-order valence-electron chi connectivity index (χ3n) is 4.22. The molecule has 0 atom stereocenters. The molecule has 0 radical (unpaired) electrons. The van der Waals surface area contributed by atoms with Crippen LogP contribution < -0.4 is 5.73 Å². The molecule has 0 bridgehead atoms. The van der Waals surface area contributed by atoms with Gasteiger partial charge in [0.1, 0.15) is 0 Å². The maximum atomic E-state index is 12.9. The number of rotatable bonds is 3. The van der Waals surface area contributed by atoms with E-state index in [0.717, 1.165) is 25.9 Å². The van der Waals surface area contributed by atoms with Crippen molar-refractivity contribution in [1.82, 2.24) is 9.21 Å². The zero-order valence-corrected chi connectivity index (χ0v) is 15.0. The number of anilines is 1. The van der Waals surface area contributed by atoms with Gasteiger partial charge in [0.05, 0.1) is 4.90 Å². The first-order chi connectivity index (χ1) is 9.73. The summed E-state index contributed by atoms with van der Waals surface area (Å²) in [5, 5.41) is 0. The predicted octanol–water partition coefficient (Wildman–Crippen LogP) is 2.05. The fraction of sp³-hybridized carbons (Fsp3) is 0.571. The van der Waals surface area contributed by atoms with Crippen LogP contribution in [-0.4, -0.2) is 50.8 Å². The molecule has 1 aliphatic heterocycles. The lowest BCUT2D eigenvalue weighted by molar-refractivity contribution is 0.197. The highest BCUT2D eigenvalue weighted by atomic mass is 79.9. The van der Waals surface area contributed by atoms with Gasteiger partial charge in [-0.25, -0.2) is 8.42 Å². The molecule has 2 rings (SSSR count). The van der Waals surface area contributed by atoms with Crippen LogP contribution in [0.5, 0.6) is 0 Å². The third-order valence-corrected chi connectivity index (χ3v) is 6.72. The van der Waals surface area contributed by atoms with Gasteiger partial charge in [0, 0.05) is 23.2 Å². The molecule has 2 N–H and O–H groups in total. The lowest BCUT2D eigenvalue weighted by Crippen LogP contribution is -2.44. The summed E-state index contributed by atoms with van der Waals surface area (Å²) in [4.78, 5) is 2.51. The Morgan fingerprint density at radius 3 is 2.48 bits per heavy atom. The van der Waals surface area contributed by atoms with Crippen LogP contribution in [0.1, 0.15) is 18.4 Å². The molecule has 21 heavy (non-hydrogen) atoms. The molecule has 1 aliphatic rings. The quantitative estimate of drug-likeness (QED) is 0.820. The number of hydrogen-bond donors (Lipinski definition) is 1. The van der Waals surface area contributed by atoms with Crippen LogP contribution in [0.4, 0.5) is 5.69 Å². The molecular formula is C14H22BrN3O2S. The molecule has 0 spiro atoms. The molecule has 0 aliphatic carbocycles. The van der Waals surface area contributed by atoms with E-state index in [-0.39, 0.29) is 10.9 Å². The summed E-state index contributed by atoms with van der Waals surface area (Å²) < 4.78 is 27.9. The van der Waals surface area contributed by atoms with Crippen LogP contribution in [0.2, 0.25) is 0 Å². The zero-order chi connectivity index (χ0) is 15.8. The first-order valence-electron chi connectivity index (χ1n) is 6.95. The lowest BCUT2D eigenvalue weighted by atomic mass is 10.1. The van der Waals surface area contributed by atoms with Crippen molar-refractivity contribution in [1.29, 1.82) is 0 Å². The Hall–Kier alpha value is -0.630. The summed E-state index contributed by atoms with van der Waals surface area (Å²) >= 11 is 3.32. The van der Waals surface area contributed by atoms with E-state index in [0.29, 0.717) is 15.7 Å². The molecular weight excluding hydrogens is 354 g/mol. The number of nitrogen functional groups attached to an aromatic ring is 1. The number of nitrogens with zero attached hydrogens (tertiary/aromatic N) is 2. The summed E-state index contributed by atoms with van der Waals surface area (Å²) in [7, 11) is 0.201. The second-order valence-electron chi connectivity index (χ2n) is 5.67. The van der Waals surface area contributed by atoms with Gasteiger partial charge in [0.15, 0.2) is 0 Å². The predicted molar refractivity (Wildman–Crippen MR) is 88.8 cm³/mol. The Bertz CT molecular complexity index is 625. The van der Waals surface area contributed by atoms with Gasteiger partial charge < -0.3 is 10.6 Å². The summed E-state index contributed by atoms with van der Waals surface area (Å²) in [5.74, 6) is 0. The van der Waals surface area contributed by atoms with E-state index < -0.39 is 10.0 Å². The number of likely N-dealkylation sites (tertiary alicyclic amines) is 1. The van der Waals surface area contributed by atoms with Crippen LogP contribution in [0.25, 0.3) is 0 Å². The van der Waals surface area contributed by atoms with Crippen molar-refractivity contribution in [3.63, 3.8) is 0 Å². The maximum absolute atomic E-state index is 12.9. The van der Waals surface area contributed by atoms with Gasteiger partial charge in [-0.1, -0.05) is 15.9 Å². The molecule has 0 unspecified atom stereocenters. The van der Waals surface area contributed by atoms with Crippen molar-refractivity contribution in [2.75, 3.05) is 32.9 Å². The molecule has 1 aromatic rings. The van der Waals surface area contributed by atoms with Crippen molar-refractivity contribution < 1.29 is 8.42 Å². The molecule has 0 saturated carbocycles. The lowest BCUT2D eigenvalue weighted by Gasteiger charge is -2.34. The maximum Gasteiger partial charge on any atom is 0.243 e. The van der Waals surface area contributed by atoms with Crippen LogP contribution in [0.15, 0.2) is 21.5 Å². The van der Waals surface area contributed by atoms with Crippen molar-refractivity contribution in [2.45, 2.75) is 30.7 Å². The van der Waals surface area contributed by atoms with E-state index in [4.69, 9.17) is 5.73 Å². The highest BCUT2D eigenvalue weighted by Gasteiger charge is 2.31. The Kier molecular flexibility index (Phi) is 4.97. The number of piperidine rings is 1. The van der Waals surface area contributed by atoms with E-state index in [1.54, 1.807) is 26.1 Å². The molecule has 5 nitrogen and oxygen atoms in total. The van der Waals surface area contributed by atoms with Crippen LogP contribution in [0, 0.1) is 6.92 Å². The summed E-state index contributed by atoms with van der Waals surface area (Å²) in [6.45, 7) is 3.59. The number of nitrogens with two attached hydrogens (primary N) is 1. The molecule has 1 heterocycles. The summed E-state index contributed by atoms with van der Waals surface area (Å²) in [5.41, 5.74) is 6.99. The fourth-order valence-corrected chi connectivity index (χ4v) is 4.97. The molecule has 1 saturated heterocycles. The zero-order valence-electron chi connectivity index (χ0n) is 12.6. The van der Waals surface area contributed by atoms with Crippen molar-refractivity contribution >= 4 is 31.6 Å². The molecule has 1 aromatic carbocycles. The van der Waals surface area contributed by atoms with Crippen LogP contribution in [-0.2, 0) is 10.0 Å². The Morgan fingerprint density at radius 2 is 1.90 bits per heavy atom. The Morgan fingerprint density at radius 1 is 1.33 bits per heavy atom. The van der Waals surface area contributed by atoms with E-state index in [2.05, 4.69) is 27.9 Å². The van der Waals surface area contributed by atoms with E-state index in [9.17, 15) is 8.42 Å². The smallest absolute Gasteiger partial charge is 0.243 e. The van der Waals surface area contributed by atoms with Crippen molar-refractivity contribution in [3.05, 3.63) is 22.2 Å². The SMILES string of the molecule is Cc1c(N)cc(Br)cc1S(=O)(=O)N(C)C1CCN(C)CC1. The third kappa shape index (κ3) is 3.41. The molecule has 118 valence electrons. The highest BCUT2D eigenvalue weighted by Crippen LogP contribution is 2.30. The largest absolute Gasteiger partial charge is 0.398 e. The fourth-order valence-electron chi connectivity index (χ4n) is 2.65. The standard InChI is InChI=1S/C14H22BrN3O2S/c1-10-13(16)8-11(15)9-14(10)21(19,20)18(3)12-4-6-17(2)7-5-12/h8-9,12H,4-7,16H2,1-3H3. The van der Waals surface area contributed by atoms with Crippen molar-refractivity contribution in [2.24, 2.45) is 0 Å². The average molecular weight is 376 g/mol. The van der Waals surface area contributed by atoms with Crippen LogP contribution in [0.3, 0.4) is 0 Å². The van der Waals surface area contributed by atoms with E-state index >= 15 is 0 Å². The minimum Gasteiger partial charge on any atom is -0.398 e. The minimum atomic E-state index is -3.53. The van der Waals surface area contributed by atoms with Gasteiger partial charge >= 0.3 is 0 Å². The van der Waals surface area contributed by atoms with Gasteiger partial charge in [0.25, 0.3) is 0 Å². The molecule has 1 fully saturated rings. The van der Waals surface area contributed by atoms with Crippen molar-refractivity contribution in [3.8, 4) is 0 Å². The Balaban J connectivity index is 2.34. The van der Waals surface area contributed by atoms with E-state index in [1.165, 1.54) is 4.31 Å². The Labute approximate surface area is 135 Å². The number of benzene rings is 1. The number of hydrogen-bond acceptors (Lipinski definition) is 4. The second kappa shape index (κ2) is 6.24. The monoisotopic (exact) mass is 375 g/mol. The van der Waals surface area contributed by atoms with Gasteiger partial charge in [-0.05, 0) is 57.6 Å². The van der Waals surface area contributed by atoms with Gasteiger partial charge in [0.2, 0.25) is 10.0 Å². The highest BCUT2D eigenvalue weighted by molar-refractivity contribution is 9.10. The number of sulfonamides is 1. The average Bonchev–Trinajstić information content (AvgIpc) is 2.42. The van der Waals surface area contributed by atoms with E-state index in [1.807, 2.05) is 0 Å². The molecule has 0 amide bonds. The molecule has 7 heteroatoms.